The van der Waals surface area contributed by atoms with Gasteiger partial charge in [-0.3, -0.25) is 9.36 Å². The third kappa shape index (κ3) is 4.27. The Balaban J connectivity index is 0.00000294. The summed E-state index contributed by atoms with van der Waals surface area (Å²) < 4.78 is 2.00. The van der Waals surface area contributed by atoms with Crippen LogP contribution in [0.1, 0.15) is 35.2 Å². The van der Waals surface area contributed by atoms with E-state index in [2.05, 4.69) is 34.6 Å². The second-order valence-electron chi connectivity index (χ2n) is 9.46. The summed E-state index contributed by atoms with van der Waals surface area (Å²) >= 11 is 0. The molecule has 0 unspecified atom stereocenters. The molecular formula is C29H28ClN7O. The molecule has 0 spiro atoms. The van der Waals surface area contributed by atoms with Gasteiger partial charge in [-0.1, -0.05) is 24.3 Å². The fourth-order valence-corrected chi connectivity index (χ4v) is 4.90. The zero-order valence-corrected chi connectivity index (χ0v) is 21.7. The molecule has 1 aliphatic carbocycles. The SMILES string of the molecule is CNC(=O)c1cccc(-c2ccc3nc(-c4cccnc4N)n(-c4ccc(C5(N)CCC5)cc4)c3n2)c1.Cl. The molecule has 0 aliphatic heterocycles. The van der Waals surface area contributed by atoms with E-state index >= 15 is 0 Å². The number of imidazole rings is 1. The highest BCUT2D eigenvalue weighted by Crippen LogP contribution is 2.39. The van der Waals surface area contributed by atoms with Gasteiger partial charge >= 0.3 is 0 Å². The predicted molar refractivity (Wildman–Crippen MR) is 152 cm³/mol. The van der Waals surface area contributed by atoms with Crippen LogP contribution in [-0.2, 0) is 5.54 Å². The number of nitrogens with two attached hydrogens (primary N) is 2. The fourth-order valence-electron chi connectivity index (χ4n) is 4.90. The van der Waals surface area contributed by atoms with Gasteiger partial charge in [-0.2, -0.15) is 0 Å². The molecule has 38 heavy (non-hydrogen) atoms. The Morgan fingerprint density at radius 1 is 1.00 bits per heavy atom. The number of carbonyl (C=O) groups is 1. The van der Waals surface area contributed by atoms with Crippen molar-refractivity contribution in [2.45, 2.75) is 24.8 Å². The van der Waals surface area contributed by atoms with Crippen molar-refractivity contribution in [1.29, 1.82) is 0 Å². The lowest BCUT2D eigenvalue weighted by molar-refractivity contribution is 0.0963. The first-order valence-electron chi connectivity index (χ1n) is 12.3. The average molecular weight is 526 g/mol. The second kappa shape index (κ2) is 9.89. The van der Waals surface area contributed by atoms with Crippen LogP contribution in [-0.4, -0.2) is 32.5 Å². The number of nitrogens with zero attached hydrogens (tertiary/aromatic N) is 4. The van der Waals surface area contributed by atoms with Crippen molar-refractivity contribution in [1.82, 2.24) is 24.8 Å². The van der Waals surface area contributed by atoms with Crippen LogP contribution in [0.4, 0.5) is 5.82 Å². The molecule has 0 radical (unpaired) electrons. The monoisotopic (exact) mass is 525 g/mol. The molecule has 0 bridgehead atoms. The molecule has 9 heteroatoms. The number of amides is 1. The Labute approximate surface area is 226 Å². The van der Waals surface area contributed by atoms with Crippen LogP contribution in [0, 0.1) is 0 Å². The van der Waals surface area contributed by atoms with Gasteiger partial charge < -0.3 is 16.8 Å². The number of rotatable bonds is 5. The second-order valence-corrected chi connectivity index (χ2v) is 9.46. The van der Waals surface area contributed by atoms with E-state index in [1.54, 1.807) is 19.3 Å². The molecule has 8 nitrogen and oxygen atoms in total. The van der Waals surface area contributed by atoms with Crippen LogP contribution in [0.25, 0.3) is 39.5 Å². The van der Waals surface area contributed by atoms with Crippen molar-refractivity contribution < 1.29 is 4.79 Å². The highest BCUT2D eigenvalue weighted by molar-refractivity contribution is 5.95. The standard InChI is InChI=1S/C29H27N7O.ClH/c1-32-28(37)19-6-2-5-18(17-19)23-12-13-24-27(34-23)36(26(35-24)22-7-3-16-33-25(22)30)21-10-8-20(9-11-21)29(31)14-4-15-29;/h2-3,5-13,16-17H,4,14-15,31H2,1H3,(H2,30,33)(H,32,37);1H. The third-order valence-electron chi connectivity index (χ3n) is 7.18. The smallest absolute Gasteiger partial charge is 0.251 e. The number of benzene rings is 2. The first-order chi connectivity index (χ1) is 18.0. The molecule has 1 aliphatic rings. The van der Waals surface area contributed by atoms with Gasteiger partial charge in [0, 0.05) is 35.6 Å². The summed E-state index contributed by atoms with van der Waals surface area (Å²) in [6.07, 6.45) is 4.81. The summed E-state index contributed by atoms with van der Waals surface area (Å²) in [6, 6.07) is 23.3. The number of nitrogen functional groups attached to an aromatic ring is 1. The van der Waals surface area contributed by atoms with Crippen LogP contribution < -0.4 is 16.8 Å². The van der Waals surface area contributed by atoms with E-state index in [9.17, 15) is 4.79 Å². The number of anilines is 1. The molecule has 1 fully saturated rings. The van der Waals surface area contributed by atoms with Crippen molar-refractivity contribution in [3.05, 3.63) is 90.1 Å². The van der Waals surface area contributed by atoms with Crippen LogP contribution in [0.15, 0.2) is 79.0 Å². The maximum absolute atomic E-state index is 12.2. The topological polar surface area (TPSA) is 125 Å². The molecule has 3 heterocycles. The lowest BCUT2D eigenvalue weighted by Crippen LogP contribution is -2.43. The maximum Gasteiger partial charge on any atom is 0.251 e. The first kappa shape index (κ1) is 25.4. The van der Waals surface area contributed by atoms with Crippen LogP contribution in [0.2, 0.25) is 0 Å². The van der Waals surface area contributed by atoms with Crippen molar-refractivity contribution >= 4 is 35.3 Å². The van der Waals surface area contributed by atoms with Gasteiger partial charge in [-0.25, -0.2) is 15.0 Å². The van der Waals surface area contributed by atoms with Gasteiger partial charge in [-0.15, -0.1) is 12.4 Å². The molecule has 192 valence electrons. The number of hydrogen-bond acceptors (Lipinski definition) is 6. The van der Waals surface area contributed by atoms with E-state index in [1.807, 2.05) is 47.0 Å². The normalized spacial score (nSPS) is 13.9. The fraction of sp³-hybridized carbons (Fsp3) is 0.172. The predicted octanol–water partition coefficient (Wildman–Crippen LogP) is 4.85. The van der Waals surface area contributed by atoms with E-state index in [-0.39, 0.29) is 23.9 Å². The quantitative estimate of drug-likeness (QED) is 0.301. The highest BCUT2D eigenvalue weighted by atomic mass is 35.5. The number of nitrogens with one attached hydrogen (secondary N) is 1. The molecule has 1 saturated carbocycles. The molecule has 0 saturated heterocycles. The minimum atomic E-state index is -0.243. The summed E-state index contributed by atoms with van der Waals surface area (Å²) in [4.78, 5) is 26.4. The van der Waals surface area contributed by atoms with Crippen LogP contribution in [0.5, 0.6) is 0 Å². The van der Waals surface area contributed by atoms with E-state index in [4.69, 9.17) is 21.4 Å². The molecule has 0 atom stereocenters. The zero-order valence-electron chi connectivity index (χ0n) is 20.9. The molecule has 2 aromatic carbocycles. The Bertz CT molecular complexity index is 1640. The summed E-state index contributed by atoms with van der Waals surface area (Å²) in [6.45, 7) is 0. The van der Waals surface area contributed by atoms with E-state index < -0.39 is 0 Å². The van der Waals surface area contributed by atoms with E-state index in [1.165, 1.54) is 0 Å². The number of hydrogen-bond donors (Lipinski definition) is 3. The zero-order chi connectivity index (χ0) is 25.6. The van der Waals surface area contributed by atoms with Gasteiger partial charge in [0.05, 0.1) is 11.3 Å². The third-order valence-corrected chi connectivity index (χ3v) is 7.18. The summed E-state index contributed by atoms with van der Waals surface area (Å²) in [5.74, 6) is 0.902. The van der Waals surface area contributed by atoms with Gasteiger partial charge in [0.1, 0.15) is 11.3 Å². The largest absolute Gasteiger partial charge is 0.383 e. The molecule has 1 amide bonds. The van der Waals surface area contributed by atoms with E-state index in [0.29, 0.717) is 22.9 Å². The number of fused-ring (bicyclic) bond motifs is 1. The lowest BCUT2D eigenvalue weighted by Gasteiger charge is -2.38. The summed E-state index contributed by atoms with van der Waals surface area (Å²) in [7, 11) is 1.62. The molecule has 5 aromatic rings. The number of pyridine rings is 2. The summed E-state index contributed by atoms with van der Waals surface area (Å²) in [5.41, 5.74) is 18.9. The molecular weight excluding hydrogens is 498 g/mol. The average Bonchev–Trinajstić information content (AvgIpc) is 3.30. The Morgan fingerprint density at radius 2 is 1.79 bits per heavy atom. The van der Waals surface area contributed by atoms with Crippen molar-refractivity contribution in [2.75, 3.05) is 12.8 Å². The molecule has 5 N–H and O–H groups in total. The van der Waals surface area contributed by atoms with Crippen LogP contribution >= 0.6 is 12.4 Å². The maximum atomic E-state index is 12.2. The highest BCUT2D eigenvalue weighted by Gasteiger charge is 2.34. The lowest BCUT2D eigenvalue weighted by atomic mass is 9.73. The van der Waals surface area contributed by atoms with Crippen molar-refractivity contribution in [2.24, 2.45) is 5.73 Å². The number of halogens is 1. The Kier molecular flexibility index (Phi) is 6.60. The Morgan fingerprint density at radius 3 is 2.47 bits per heavy atom. The van der Waals surface area contributed by atoms with Gasteiger partial charge in [0.25, 0.3) is 5.91 Å². The Hall–Kier alpha value is -4.27. The summed E-state index contributed by atoms with van der Waals surface area (Å²) in [5, 5.41) is 2.67. The van der Waals surface area contributed by atoms with E-state index in [0.717, 1.165) is 52.9 Å². The van der Waals surface area contributed by atoms with Crippen LogP contribution in [0.3, 0.4) is 0 Å². The molecule has 6 rings (SSSR count). The first-order valence-corrected chi connectivity index (χ1v) is 12.3. The number of carbonyl (C=O) groups excluding carboxylic acids is 1. The minimum Gasteiger partial charge on any atom is -0.383 e. The van der Waals surface area contributed by atoms with Crippen molar-refractivity contribution in [3.63, 3.8) is 0 Å². The van der Waals surface area contributed by atoms with Gasteiger partial charge in [-0.05, 0) is 73.4 Å². The minimum absolute atomic E-state index is 0. The molecule has 3 aromatic heterocycles. The van der Waals surface area contributed by atoms with Gasteiger partial charge in [0.2, 0.25) is 0 Å². The number of aromatic nitrogens is 4. The van der Waals surface area contributed by atoms with Gasteiger partial charge in [0.15, 0.2) is 11.5 Å². The van der Waals surface area contributed by atoms with Crippen molar-refractivity contribution in [3.8, 4) is 28.3 Å².